The van der Waals surface area contributed by atoms with Gasteiger partial charge in [0.2, 0.25) is 5.91 Å². The van der Waals surface area contributed by atoms with Crippen molar-refractivity contribution in [1.29, 1.82) is 0 Å². The van der Waals surface area contributed by atoms with Crippen LogP contribution in [0.2, 0.25) is 0 Å². The van der Waals surface area contributed by atoms with Crippen molar-refractivity contribution in [2.24, 2.45) is 0 Å². The molecule has 0 aliphatic carbocycles. The van der Waals surface area contributed by atoms with Crippen LogP contribution in [0.25, 0.3) is 10.6 Å². The Kier molecular flexibility index (Phi) is 5.97. The van der Waals surface area contributed by atoms with E-state index in [1.54, 1.807) is 11.3 Å². The van der Waals surface area contributed by atoms with E-state index < -0.39 is 0 Å². The smallest absolute Gasteiger partial charge is 0.248 e. The van der Waals surface area contributed by atoms with Gasteiger partial charge >= 0.3 is 0 Å². The van der Waals surface area contributed by atoms with E-state index in [4.69, 9.17) is 9.26 Å². The number of piperazine rings is 1. The van der Waals surface area contributed by atoms with Gasteiger partial charge in [-0.15, -0.1) is 11.3 Å². The minimum atomic E-state index is 0.0164. The molecule has 1 unspecified atom stereocenters. The van der Waals surface area contributed by atoms with Gasteiger partial charge in [0.15, 0.2) is 5.76 Å². The first-order chi connectivity index (χ1) is 14.1. The van der Waals surface area contributed by atoms with Gasteiger partial charge < -0.3 is 19.1 Å². The van der Waals surface area contributed by atoms with E-state index in [9.17, 15) is 4.79 Å². The zero-order valence-corrected chi connectivity index (χ0v) is 17.5. The second kappa shape index (κ2) is 8.80. The van der Waals surface area contributed by atoms with Crippen molar-refractivity contribution in [3.63, 3.8) is 0 Å². The quantitative estimate of drug-likeness (QED) is 0.614. The van der Waals surface area contributed by atoms with Crippen LogP contribution in [-0.4, -0.2) is 48.2 Å². The number of rotatable bonds is 6. The molecule has 1 aliphatic heterocycles. The van der Waals surface area contributed by atoms with Gasteiger partial charge in [0.25, 0.3) is 0 Å². The maximum Gasteiger partial charge on any atom is 0.248 e. The average Bonchev–Trinajstić information content (AvgIpc) is 3.39. The molecule has 1 aromatic carbocycles. The van der Waals surface area contributed by atoms with Crippen LogP contribution in [-0.2, 0) is 16.1 Å². The number of thiophene rings is 1. The molecule has 1 atom stereocenters. The van der Waals surface area contributed by atoms with Crippen LogP contribution in [0.1, 0.15) is 18.2 Å². The van der Waals surface area contributed by atoms with Crippen molar-refractivity contribution in [3.8, 4) is 10.6 Å². The summed E-state index contributed by atoms with van der Waals surface area (Å²) in [6, 6.07) is 14.6. The predicted octanol–water partition coefficient (Wildman–Crippen LogP) is 3.97. The highest BCUT2D eigenvalue weighted by Crippen LogP contribution is 2.25. The van der Waals surface area contributed by atoms with Crippen molar-refractivity contribution in [1.82, 2.24) is 10.1 Å². The summed E-state index contributed by atoms with van der Waals surface area (Å²) in [5.41, 5.74) is 3.16. The van der Waals surface area contributed by atoms with Crippen molar-refractivity contribution >= 4 is 22.9 Å². The summed E-state index contributed by atoms with van der Waals surface area (Å²) in [6.45, 7) is 6.80. The molecule has 0 radical (unpaired) electrons. The highest BCUT2D eigenvalue weighted by Gasteiger charge is 2.27. The van der Waals surface area contributed by atoms with Crippen molar-refractivity contribution in [2.75, 3.05) is 31.1 Å². The van der Waals surface area contributed by atoms with Gasteiger partial charge in [0.1, 0.15) is 12.3 Å². The monoisotopic (exact) mass is 411 g/mol. The van der Waals surface area contributed by atoms with E-state index in [-0.39, 0.29) is 25.2 Å². The summed E-state index contributed by atoms with van der Waals surface area (Å²) in [5.74, 6) is 0.744. The Morgan fingerprint density at radius 3 is 2.93 bits per heavy atom. The minimum absolute atomic E-state index is 0.0164. The van der Waals surface area contributed by atoms with Crippen LogP contribution in [0.5, 0.6) is 0 Å². The maximum absolute atomic E-state index is 12.6. The number of ether oxygens (including phenoxy) is 1. The number of carbonyl (C=O) groups excluding carboxylic acids is 1. The van der Waals surface area contributed by atoms with Crippen molar-refractivity contribution in [2.45, 2.75) is 26.5 Å². The number of hydrogen-bond donors (Lipinski definition) is 0. The van der Waals surface area contributed by atoms with Gasteiger partial charge in [0.05, 0.1) is 11.5 Å². The largest absolute Gasteiger partial charge is 0.365 e. The first-order valence-corrected chi connectivity index (χ1v) is 10.7. The zero-order valence-electron chi connectivity index (χ0n) is 16.7. The third-order valence-corrected chi connectivity index (χ3v) is 6.00. The topological polar surface area (TPSA) is 58.8 Å². The second-order valence-electron chi connectivity index (χ2n) is 7.37. The second-order valence-corrected chi connectivity index (χ2v) is 8.32. The molecule has 0 saturated carbocycles. The van der Waals surface area contributed by atoms with E-state index in [0.717, 1.165) is 17.2 Å². The first kappa shape index (κ1) is 19.7. The lowest BCUT2D eigenvalue weighted by Gasteiger charge is -2.41. The van der Waals surface area contributed by atoms with E-state index in [2.05, 4.69) is 48.2 Å². The van der Waals surface area contributed by atoms with Gasteiger partial charge in [-0.1, -0.05) is 23.4 Å². The maximum atomic E-state index is 12.6. The van der Waals surface area contributed by atoms with E-state index >= 15 is 0 Å². The van der Waals surface area contributed by atoms with Crippen LogP contribution in [0.15, 0.2) is 52.4 Å². The highest BCUT2D eigenvalue weighted by molar-refractivity contribution is 7.13. The van der Waals surface area contributed by atoms with E-state index in [1.165, 1.54) is 11.3 Å². The molecule has 4 rings (SSSR count). The normalized spacial score (nSPS) is 17.0. The molecular weight excluding hydrogens is 386 g/mol. The Morgan fingerprint density at radius 2 is 2.17 bits per heavy atom. The van der Waals surface area contributed by atoms with Crippen LogP contribution in [0.3, 0.4) is 0 Å². The van der Waals surface area contributed by atoms with Gasteiger partial charge in [0, 0.05) is 37.4 Å². The first-order valence-electron chi connectivity index (χ1n) is 9.78. The summed E-state index contributed by atoms with van der Waals surface area (Å²) in [6.07, 6.45) is 0. The van der Waals surface area contributed by atoms with Crippen LogP contribution >= 0.6 is 11.3 Å². The average molecular weight is 412 g/mol. The zero-order chi connectivity index (χ0) is 20.2. The lowest BCUT2D eigenvalue weighted by Crippen LogP contribution is -2.54. The molecule has 1 amide bonds. The fourth-order valence-corrected chi connectivity index (χ4v) is 4.30. The number of amides is 1. The summed E-state index contributed by atoms with van der Waals surface area (Å²) in [4.78, 5) is 17.8. The van der Waals surface area contributed by atoms with Gasteiger partial charge in [-0.2, -0.15) is 0 Å². The number of aromatic nitrogens is 1. The Balaban J connectivity index is 1.25. The van der Waals surface area contributed by atoms with Crippen molar-refractivity contribution < 1.29 is 14.1 Å². The number of hydrogen-bond acceptors (Lipinski definition) is 6. The molecule has 7 heteroatoms. The Hall–Kier alpha value is -2.64. The number of nitrogens with zero attached hydrogens (tertiary/aromatic N) is 3. The Morgan fingerprint density at radius 1 is 1.28 bits per heavy atom. The van der Waals surface area contributed by atoms with Gasteiger partial charge in [-0.3, -0.25) is 4.79 Å². The third kappa shape index (κ3) is 4.68. The standard InChI is InChI=1S/C22H25N3O3S/c1-16-5-3-6-19(11-16)25-9-8-24(13-17(25)2)22(26)15-27-14-18-12-20(28-23-18)21-7-4-10-29-21/h3-7,10-12,17H,8-9,13-15H2,1-2H3. The minimum Gasteiger partial charge on any atom is -0.365 e. The highest BCUT2D eigenvalue weighted by atomic mass is 32.1. The molecule has 1 fully saturated rings. The molecule has 3 aromatic rings. The Bertz CT molecular complexity index is 954. The predicted molar refractivity (Wildman–Crippen MR) is 114 cm³/mol. The number of aryl methyl sites for hydroxylation is 1. The third-order valence-electron chi connectivity index (χ3n) is 5.11. The number of carbonyl (C=O) groups is 1. The molecule has 3 heterocycles. The van der Waals surface area contributed by atoms with Crippen LogP contribution in [0, 0.1) is 6.92 Å². The summed E-state index contributed by atoms with van der Waals surface area (Å²) < 4.78 is 10.9. The molecule has 2 aromatic heterocycles. The molecule has 29 heavy (non-hydrogen) atoms. The lowest BCUT2D eigenvalue weighted by molar-refractivity contribution is -0.137. The molecule has 1 aliphatic rings. The fraction of sp³-hybridized carbons (Fsp3) is 0.364. The number of benzene rings is 1. The van der Waals surface area contributed by atoms with Crippen LogP contribution in [0.4, 0.5) is 5.69 Å². The lowest BCUT2D eigenvalue weighted by atomic mass is 10.1. The molecular formula is C22H25N3O3S. The molecule has 0 bridgehead atoms. The molecule has 152 valence electrons. The van der Waals surface area contributed by atoms with E-state index in [0.29, 0.717) is 18.8 Å². The molecule has 1 saturated heterocycles. The molecule has 0 N–H and O–H groups in total. The summed E-state index contributed by atoms with van der Waals surface area (Å²) in [7, 11) is 0. The van der Waals surface area contributed by atoms with Crippen LogP contribution < -0.4 is 4.90 Å². The molecule has 6 nitrogen and oxygen atoms in total. The number of anilines is 1. The molecule has 0 spiro atoms. The summed E-state index contributed by atoms with van der Waals surface area (Å²) >= 11 is 1.60. The van der Waals surface area contributed by atoms with Gasteiger partial charge in [-0.05, 0) is 43.0 Å². The van der Waals surface area contributed by atoms with Crippen molar-refractivity contribution in [3.05, 3.63) is 59.1 Å². The van der Waals surface area contributed by atoms with Gasteiger partial charge in [-0.25, -0.2) is 0 Å². The SMILES string of the molecule is Cc1cccc(N2CCN(C(=O)COCc3cc(-c4cccs4)on3)CC2C)c1. The fourth-order valence-electron chi connectivity index (χ4n) is 3.62. The summed E-state index contributed by atoms with van der Waals surface area (Å²) in [5, 5.41) is 6.01. The Labute approximate surface area is 174 Å². The van der Waals surface area contributed by atoms with E-state index in [1.807, 2.05) is 28.5 Å².